The van der Waals surface area contributed by atoms with E-state index in [1.807, 2.05) is 39.8 Å². The zero-order chi connectivity index (χ0) is 23.9. The molecule has 9 heteroatoms. The van der Waals surface area contributed by atoms with E-state index in [1.54, 1.807) is 24.3 Å². The first kappa shape index (κ1) is 26.5. The number of Topliss-reactive ketones (excluding diaryl/α,β-unsaturated/α-hetero) is 1. The molecule has 2 rings (SSSR count). The van der Waals surface area contributed by atoms with E-state index in [1.165, 1.54) is 11.3 Å². The Morgan fingerprint density at radius 3 is 2.31 bits per heavy atom. The Labute approximate surface area is 194 Å². The summed E-state index contributed by atoms with van der Waals surface area (Å²) in [6.07, 6.45) is -4.20. The molecule has 2 atom stereocenters. The minimum absolute atomic E-state index is 0.0365. The molecule has 32 heavy (non-hydrogen) atoms. The second-order valence-electron chi connectivity index (χ2n) is 8.43. The molecule has 0 aliphatic rings. The number of carbonyl (C=O) groups is 1. The lowest BCUT2D eigenvalue weighted by molar-refractivity contribution is -0.136. The van der Waals surface area contributed by atoms with Crippen molar-refractivity contribution in [2.45, 2.75) is 70.3 Å². The van der Waals surface area contributed by atoms with Gasteiger partial charge in [0.1, 0.15) is 5.75 Å². The van der Waals surface area contributed by atoms with Crippen LogP contribution in [0.3, 0.4) is 0 Å². The zero-order valence-corrected chi connectivity index (χ0v) is 20.4. The monoisotopic (exact) mass is 489 g/mol. The van der Waals surface area contributed by atoms with Gasteiger partial charge >= 0.3 is 6.18 Å². The average Bonchev–Trinajstić information content (AvgIpc) is 3.19. The molecular formula is C23H30F3NO3S2. The fourth-order valence-electron chi connectivity index (χ4n) is 2.80. The molecule has 0 fully saturated rings. The van der Waals surface area contributed by atoms with Crippen molar-refractivity contribution in [1.82, 2.24) is 4.72 Å². The maximum absolute atomic E-state index is 12.9. The van der Waals surface area contributed by atoms with Gasteiger partial charge in [-0.2, -0.15) is 13.2 Å². The van der Waals surface area contributed by atoms with Gasteiger partial charge in [0.25, 0.3) is 0 Å². The molecule has 0 saturated heterocycles. The van der Waals surface area contributed by atoms with Crippen LogP contribution < -0.4 is 9.46 Å². The summed E-state index contributed by atoms with van der Waals surface area (Å²) in [4.78, 5) is 14.7. The highest BCUT2D eigenvalue weighted by atomic mass is 32.2. The Bertz CT molecular complexity index is 902. The summed E-state index contributed by atoms with van der Waals surface area (Å²) in [5.41, 5.74) is 0.755. The van der Waals surface area contributed by atoms with Crippen LogP contribution in [0.4, 0.5) is 13.2 Å². The normalized spacial score (nSPS) is 14.2. The molecule has 1 aromatic heterocycles. The molecule has 0 saturated carbocycles. The third-order valence-corrected chi connectivity index (χ3v) is 7.52. The number of aryl methyl sites for hydroxylation is 1. The lowest BCUT2D eigenvalue weighted by atomic mass is 10.0. The maximum atomic E-state index is 12.9. The van der Waals surface area contributed by atoms with Gasteiger partial charge in [0.15, 0.2) is 5.78 Å². The number of alkyl halides is 3. The molecule has 2 aromatic rings. The summed E-state index contributed by atoms with van der Waals surface area (Å²) >= 11 is 1.46. The molecule has 0 spiro atoms. The summed E-state index contributed by atoms with van der Waals surface area (Å²) in [7, 11) is -1.39. The van der Waals surface area contributed by atoms with E-state index in [0.717, 1.165) is 16.9 Å². The predicted octanol–water partition coefficient (Wildman–Crippen LogP) is 6.40. The van der Waals surface area contributed by atoms with Crippen molar-refractivity contribution in [3.8, 4) is 5.75 Å². The Balaban J connectivity index is 2.10. The number of hydrogen-bond acceptors (Lipinski definition) is 4. The number of rotatable bonds is 11. The number of thiophene rings is 1. The highest BCUT2D eigenvalue weighted by Gasteiger charge is 2.27. The van der Waals surface area contributed by atoms with Gasteiger partial charge in [-0.05, 0) is 63.4 Å². The van der Waals surface area contributed by atoms with Crippen molar-refractivity contribution in [2.24, 2.45) is 0 Å². The van der Waals surface area contributed by atoms with E-state index in [9.17, 15) is 22.2 Å². The molecule has 1 aromatic carbocycles. The van der Waals surface area contributed by atoms with E-state index in [0.29, 0.717) is 10.6 Å². The smallest absolute Gasteiger partial charge is 0.389 e. The van der Waals surface area contributed by atoms with Crippen LogP contribution in [-0.4, -0.2) is 27.5 Å². The van der Waals surface area contributed by atoms with E-state index >= 15 is 0 Å². The highest BCUT2D eigenvalue weighted by molar-refractivity contribution is 7.84. The number of hydrogen-bond donors (Lipinski definition) is 1. The summed E-state index contributed by atoms with van der Waals surface area (Å²) in [6.45, 7) is 7.54. The van der Waals surface area contributed by atoms with Gasteiger partial charge in [0.2, 0.25) is 0 Å². The summed E-state index contributed by atoms with van der Waals surface area (Å²) in [6, 6.07) is 10.1. The van der Waals surface area contributed by atoms with Crippen molar-refractivity contribution < 1.29 is 26.9 Å². The minimum Gasteiger partial charge on any atom is -0.494 e. The minimum atomic E-state index is -4.19. The number of ether oxygens (including phenoxy) is 1. The van der Waals surface area contributed by atoms with E-state index < -0.39 is 34.4 Å². The highest BCUT2D eigenvalue weighted by Crippen LogP contribution is 2.27. The second kappa shape index (κ2) is 11.4. The molecule has 0 bridgehead atoms. The van der Waals surface area contributed by atoms with Crippen LogP contribution in [0.2, 0.25) is 0 Å². The topological polar surface area (TPSA) is 55.4 Å². The molecule has 0 amide bonds. The third kappa shape index (κ3) is 8.67. The first-order valence-electron chi connectivity index (χ1n) is 10.5. The molecule has 1 heterocycles. The lowest BCUT2D eigenvalue weighted by Gasteiger charge is -2.24. The van der Waals surface area contributed by atoms with Crippen molar-refractivity contribution in [3.05, 3.63) is 51.7 Å². The van der Waals surface area contributed by atoms with Crippen LogP contribution in [0.5, 0.6) is 5.75 Å². The molecular weight excluding hydrogens is 459 g/mol. The Hall–Kier alpha value is -1.71. The van der Waals surface area contributed by atoms with Crippen molar-refractivity contribution in [2.75, 3.05) is 6.61 Å². The molecule has 0 radical (unpaired) electrons. The van der Waals surface area contributed by atoms with Crippen LogP contribution in [-0.2, 0) is 17.4 Å². The van der Waals surface area contributed by atoms with Gasteiger partial charge in [-0.3, -0.25) is 4.79 Å². The first-order chi connectivity index (χ1) is 14.9. The fraction of sp³-hybridized carbons (Fsp3) is 0.522. The van der Waals surface area contributed by atoms with Gasteiger partial charge in [-0.15, -0.1) is 11.3 Å². The van der Waals surface area contributed by atoms with Gasteiger partial charge in [-0.1, -0.05) is 19.1 Å². The molecule has 0 aliphatic heterocycles. The van der Waals surface area contributed by atoms with E-state index in [4.69, 9.17) is 4.74 Å². The standard InChI is InChI=1S/C23H30F3NO3S2/c1-5-18-11-12-21(31-18)20(28)15-19(27-32(29)22(2,3)4)16-7-9-17(10-8-16)30-14-6-13-23(24,25)26/h7-12,19,27H,5-6,13-15H2,1-4H3/t19?,32-/m0/s1. The summed E-state index contributed by atoms with van der Waals surface area (Å²) in [5.74, 6) is 0.411. The first-order valence-corrected chi connectivity index (χ1v) is 12.4. The van der Waals surface area contributed by atoms with Crippen molar-refractivity contribution >= 4 is 28.1 Å². The number of carbonyl (C=O) groups excluding carboxylic acids is 1. The lowest BCUT2D eigenvalue weighted by Crippen LogP contribution is -2.36. The summed E-state index contributed by atoms with van der Waals surface area (Å²) < 4.78 is 57.4. The Morgan fingerprint density at radius 1 is 1.12 bits per heavy atom. The predicted molar refractivity (Wildman–Crippen MR) is 124 cm³/mol. The molecule has 4 nitrogen and oxygen atoms in total. The molecule has 1 N–H and O–H groups in total. The number of benzene rings is 1. The van der Waals surface area contributed by atoms with E-state index in [-0.39, 0.29) is 25.2 Å². The van der Waals surface area contributed by atoms with Gasteiger partial charge in [0, 0.05) is 17.7 Å². The van der Waals surface area contributed by atoms with Crippen LogP contribution in [0.15, 0.2) is 36.4 Å². The number of nitrogens with one attached hydrogen (secondary N) is 1. The van der Waals surface area contributed by atoms with Crippen molar-refractivity contribution in [3.63, 3.8) is 0 Å². The Kier molecular flexibility index (Phi) is 9.48. The van der Waals surface area contributed by atoms with Gasteiger partial charge in [-0.25, -0.2) is 8.93 Å². The fourth-order valence-corrected chi connectivity index (χ4v) is 4.52. The van der Waals surface area contributed by atoms with Crippen LogP contribution in [0, 0.1) is 0 Å². The van der Waals surface area contributed by atoms with Gasteiger partial charge < -0.3 is 4.74 Å². The second-order valence-corrected chi connectivity index (χ2v) is 11.6. The SMILES string of the molecule is CCc1ccc(C(=O)CC(N[S@@](=O)C(C)(C)C)c2ccc(OCCCC(F)(F)F)cc2)s1. The van der Waals surface area contributed by atoms with Gasteiger partial charge in [0.05, 0.1) is 33.3 Å². The number of ketones is 1. The zero-order valence-electron chi connectivity index (χ0n) is 18.8. The largest absolute Gasteiger partial charge is 0.494 e. The van der Waals surface area contributed by atoms with Crippen molar-refractivity contribution in [1.29, 1.82) is 0 Å². The molecule has 178 valence electrons. The molecule has 1 unspecified atom stereocenters. The number of halogens is 3. The van der Waals surface area contributed by atoms with Crippen LogP contribution in [0.1, 0.15) is 73.1 Å². The van der Waals surface area contributed by atoms with E-state index in [2.05, 4.69) is 4.72 Å². The van der Waals surface area contributed by atoms with Crippen LogP contribution >= 0.6 is 11.3 Å². The average molecular weight is 490 g/mol. The summed E-state index contributed by atoms with van der Waals surface area (Å²) in [5, 5.41) is 0. The third-order valence-electron chi connectivity index (χ3n) is 4.64. The quantitative estimate of drug-likeness (QED) is 0.294. The maximum Gasteiger partial charge on any atom is 0.389 e. The van der Waals surface area contributed by atoms with Crippen LogP contribution in [0.25, 0.3) is 0 Å². The molecule has 0 aliphatic carbocycles. The Morgan fingerprint density at radius 2 is 1.78 bits per heavy atom.